The highest BCUT2D eigenvalue weighted by molar-refractivity contribution is 9.09. The number of alkyl halides is 1. The lowest BCUT2D eigenvalue weighted by molar-refractivity contribution is -0.120. The van der Waals surface area contributed by atoms with Gasteiger partial charge in [-0.3, -0.25) is 4.79 Å². The van der Waals surface area contributed by atoms with Gasteiger partial charge in [-0.15, -0.1) is 0 Å². The summed E-state index contributed by atoms with van der Waals surface area (Å²) in [6, 6.07) is 0. The number of amides is 1. The van der Waals surface area contributed by atoms with E-state index in [1.807, 2.05) is 0 Å². The van der Waals surface area contributed by atoms with Gasteiger partial charge in [0.15, 0.2) is 0 Å². The maximum absolute atomic E-state index is 11.0. The van der Waals surface area contributed by atoms with Crippen LogP contribution < -0.4 is 5.32 Å². The maximum Gasteiger partial charge on any atom is 0.220 e. The van der Waals surface area contributed by atoms with Crippen LogP contribution in [0.4, 0.5) is 0 Å². The minimum absolute atomic E-state index is 0.154. The van der Waals surface area contributed by atoms with Gasteiger partial charge in [0, 0.05) is 18.3 Å². The molecule has 0 fully saturated rings. The van der Waals surface area contributed by atoms with Crippen LogP contribution in [0, 0.1) is 5.92 Å². The normalized spacial score (nSPS) is 10.5. The van der Waals surface area contributed by atoms with Crippen LogP contribution in [0.2, 0.25) is 0 Å². The van der Waals surface area contributed by atoms with Crippen molar-refractivity contribution in [3.63, 3.8) is 0 Å². The fraction of sp³-hybridized carbons (Fsp3) is 0.900. The van der Waals surface area contributed by atoms with Gasteiger partial charge in [-0.2, -0.15) is 0 Å². The van der Waals surface area contributed by atoms with Crippen molar-refractivity contribution < 1.29 is 4.79 Å². The summed E-state index contributed by atoms with van der Waals surface area (Å²) in [5.74, 6) is 0.930. The summed E-state index contributed by atoms with van der Waals surface area (Å²) in [4.78, 5) is 11.0. The Bertz CT molecular complexity index is 137. The molecule has 1 N–H and O–H groups in total. The van der Waals surface area contributed by atoms with Gasteiger partial charge in [0.1, 0.15) is 0 Å². The van der Waals surface area contributed by atoms with Crippen molar-refractivity contribution in [3.05, 3.63) is 0 Å². The molecule has 0 aromatic heterocycles. The standard InChI is InChI=1S/C10H20BrNO/c1-9(2)5-3-4-8-12-10(13)6-7-11/h9H,3-8H2,1-2H3,(H,12,13). The van der Waals surface area contributed by atoms with Crippen LogP contribution in [0.25, 0.3) is 0 Å². The molecule has 2 nitrogen and oxygen atoms in total. The molecule has 0 saturated heterocycles. The van der Waals surface area contributed by atoms with Crippen molar-refractivity contribution in [3.8, 4) is 0 Å². The van der Waals surface area contributed by atoms with E-state index in [2.05, 4.69) is 35.1 Å². The molecule has 13 heavy (non-hydrogen) atoms. The molecule has 0 aliphatic heterocycles. The van der Waals surface area contributed by atoms with Crippen molar-refractivity contribution in [2.75, 3.05) is 11.9 Å². The third kappa shape index (κ3) is 9.87. The summed E-state index contributed by atoms with van der Waals surface area (Å²) in [7, 11) is 0. The van der Waals surface area contributed by atoms with Crippen LogP contribution in [-0.4, -0.2) is 17.8 Å². The lowest BCUT2D eigenvalue weighted by Crippen LogP contribution is -2.24. The van der Waals surface area contributed by atoms with E-state index in [1.165, 1.54) is 12.8 Å². The van der Waals surface area contributed by atoms with Crippen molar-refractivity contribution in [2.45, 2.75) is 39.5 Å². The smallest absolute Gasteiger partial charge is 0.220 e. The van der Waals surface area contributed by atoms with Gasteiger partial charge < -0.3 is 5.32 Å². The van der Waals surface area contributed by atoms with Crippen LogP contribution in [0.5, 0.6) is 0 Å². The highest BCUT2D eigenvalue weighted by Gasteiger charge is 1.98. The molecule has 0 radical (unpaired) electrons. The molecule has 0 rings (SSSR count). The molecule has 0 aromatic carbocycles. The van der Waals surface area contributed by atoms with Crippen molar-refractivity contribution >= 4 is 21.8 Å². The molecule has 78 valence electrons. The molecule has 0 heterocycles. The van der Waals surface area contributed by atoms with Gasteiger partial charge in [0.25, 0.3) is 0 Å². The average molecular weight is 250 g/mol. The van der Waals surface area contributed by atoms with Crippen LogP contribution in [-0.2, 0) is 4.79 Å². The highest BCUT2D eigenvalue weighted by atomic mass is 79.9. The Morgan fingerprint density at radius 1 is 1.38 bits per heavy atom. The zero-order chi connectivity index (χ0) is 10.1. The van der Waals surface area contributed by atoms with E-state index in [0.717, 1.165) is 24.2 Å². The molecule has 0 spiro atoms. The molecule has 0 bridgehead atoms. The third-order valence-electron chi connectivity index (χ3n) is 1.85. The number of halogens is 1. The van der Waals surface area contributed by atoms with Gasteiger partial charge >= 0.3 is 0 Å². The van der Waals surface area contributed by atoms with E-state index in [-0.39, 0.29) is 5.91 Å². The number of carbonyl (C=O) groups is 1. The first-order chi connectivity index (χ1) is 6.16. The first kappa shape index (κ1) is 12.9. The van der Waals surface area contributed by atoms with Crippen molar-refractivity contribution in [2.24, 2.45) is 5.92 Å². The Balaban J connectivity index is 3.11. The maximum atomic E-state index is 11.0. The van der Waals surface area contributed by atoms with Gasteiger partial charge in [-0.1, -0.05) is 42.6 Å². The molecule has 0 unspecified atom stereocenters. The zero-order valence-corrected chi connectivity index (χ0v) is 10.2. The summed E-state index contributed by atoms with van der Waals surface area (Å²) < 4.78 is 0. The van der Waals surface area contributed by atoms with E-state index >= 15 is 0 Å². The molecule has 0 aliphatic rings. The molecule has 3 heteroatoms. The largest absolute Gasteiger partial charge is 0.356 e. The van der Waals surface area contributed by atoms with E-state index in [4.69, 9.17) is 0 Å². The Morgan fingerprint density at radius 3 is 2.62 bits per heavy atom. The van der Waals surface area contributed by atoms with Crippen LogP contribution in [0.1, 0.15) is 39.5 Å². The first-order valence-corrected chi connectivity index (χ1v) is 6.11. The average Bonchev–Trinajstić information content (AvgIpc) is 2.03. The number of unbranched alkanes of at least 4 members (excludes halogenated alkanes) is 1. The lowest BCUT2D eigenvalue weighted by atomic mass is 10.1. The number of carbonyl (C=O) groups excluding carboxylic acids is 1. The minimum atomic E-state index is 0.154. The second kappa shape index (κ2) is 8.54. The Hall–Kier alpha value is -0.0500. The molecular weight excluding hydrogens is 230 g/mol. The van der Waals surface area contributed by atoms with E-state index < -0.39 is 0 Å². The summed E-state index contributed by atoms with van der Waals surface area (Å²) >= 11 is 3.23. The minimum Gasteiger partial charge on any atom is -0.356 e. The Kier molecular flexibility index (Phi) is 8.51. The second-order valence-electron chi connectivity index (χ2n) is 3.68. The summed E-state index contributed by atoms with van der Waals surface area (Å²) in [6.07, 6.45) is 4.16. The molecule has 0 aliphatic carbocycles. The van der Waals surface area contributed by atoms with Crippen molar-refractivity contribution in [1.29, 1.82) is 0 Å². The molecule has 0 atom stereocenters. The monoisotopic (exact) mass is 249 g/mol. The SMILES string of the molecule is CC(C)CCCCNC(=O)CCBr. The van der Waals surface area contributed by atoms with E-state index in [9.17, 15) is 4.79 Å². The lowest BCUT2D eigenvalue weighted by Gasteiger charge is -2.05. The second-order valence-corrected chi connectivity index (χ2v) is 4.47. The highest BCUT2D eigenvalue weighted by Crippen LogP contribution is 2.04. The summed E-state index contributed by atoms with van der Waals surface area (Å²) in [5.41, 5.74) is 0. The third-order valence-corrected chi connectivity index (χ3v) is 2.25. The number of hydrogen-bond donors (Lipinski definition) is 1. The van der Waals surface area contributed by atoms with Crippen LogP contribution in [0.3, 0.4) is 0 Å². The molecule has 1 amide bonds. The molecular formula is C10H20BrNO. The fourth-order valence-electron chi connectivity index (χ4n) is 1.08. The van der Waals surface area contributed by atoms with Crippen LogP contribution in [0.15, 0.2) is 0 Å². The van der Waals surface area contributed by atoms with Gasteiger partial charge in [0.05, 0.1) is 0 Å². The predicted octanol–water partition coefficient (Wildman–Crippen LogP) is 2.71. The molecule has 0 saturated carbocycles. The Labute approximate surface area is 89.6 Å². The fourth-order valence-corrected chi connectivity index (χ4v) is 1.44. The quantitative estimate of drug-likeness (QED) is 0.546. The number of hydrogen-bond acceptors (Lipinski definition) is 1. The predicted molar refractivity (Wildman–Crippen MR) is 60.1 cm³/mol. The summed E-state index contributed by atoms with van der Waals surface area (Å²) in [5, 5.41) is 3.64. The number of nitrogens with one attached hydrogen (secondary N) is 1. The van der Waals surface area contributed by atoms with Gasteiger partial charge in [0.2, 0.25) is 5.91 Å². The first-order valence-electron chi connectivity index (χ1n) is 4.99. The zero-order valence-electron chi connectivity index (χ0n) is 8.61. The van der Waals surface area contributed by atoms with Gasteiger partial charge in [-0.05, 0) is 12.3 Å². The Morgan fingerprint density at radius 2 is 2.08 bits per heavy atom. The van der Waals surface area contributed by atoms with Crippen LogP contribution >= 0.6 is 15.9 Å². The topological polar surface area (TPSA) is 29.1 Å². The van der Waals surface area contributed by atoms with Crippen molar-refractivity contribution in [1.82, 2.24) is 5.32 Å². The molecule has 0 aromatic rings. The van der Waals surface area contributed by atoms with E-state index in [0.29, 0.717) is 6.42 Å². The van der Waals surface area contributed by atoms with Gasteiger partial charge in [-0.25, -0.2) is 0 Å². The number of rotatable bonds is 7. The summed E-state index contributed by atoms with van der Waals surface area (Å²) in [6.45, 7) is 5.28. The van der Waals surface area contributed by atoms with E-state index in [1.54, 1.807) is 0 Å².